The fourth-order valence-corrected chi connectivity index (χ4v) is 2.37. The molecule has 0 aliphatic carbocycles. The van der Waals surface area contributed by atoms with Crippen LogP contribution in [0.5, 0.6) is 0 Å². The molecule has 0 fully saturated rings. The summed E-state index contributed by atoms with van der Waals surface area (Å²) in [5, 5.41) is 17.1. The Morgan fingerprint density at radius 3 is 3.14 bits per heavy atom. The summed E-state index contributed by atoms with van der Waals surface area (Å²) >= 11 is 1.34. The van der Waals surface area contributed by atoms with Crippen LogP contribution in [0.3, 0.4) is 0 Å². The number of thiophene rings is 1. The highest BCUT2D eigenvalue weighted by atomic mass is 32.1. The Hall–Kier alpha value is -2.17. The molecule has 0 atom stereocenters. The number of aromatic nitrogens is 2. The first-order valence-electron chi connectivity index (χ1n) is 6.45. The van der Waals surface area contributed by atoms with Gasteiger partial charge in [-0.3, -0.25) is 4.79 Å². The van der Waals surface area contributed by atoms with Gasteiger partial charge in [0.25, 0.3) is 5.91 Å². The number of nitrogens with one attached hydrogen (secondary N) is 1. The molecule has 7 heteroatoms. The van der Waals surface area contributed by atoms with Crippen molar-refractivity contribution in [1.29, 1.82) is 0 Å². The molecule has 2 aromatic heterocycles. The molecule has 0 bridgehead atoms. The maximum Gasteiger partial charge on any atom is 0.262 e. The first kappa shape index (κ1) is 15.2. The SMILES string of the molecule is Cc1nc(CCNC(=O)c2sccc2C#CCCO)no1. The van der Waals surface area contributed by atoms with E-state index >= 15 is 0 Å². The maximum atomic E-state index is 12.1. The lowest BCUT2D eigenvalue weighted by molar-refractivity contribution is 0.0957. The first-order valence-corrected chi connectivity index (χ1v) is 7.33. The maximum absolute atomic E-state index is 12.1. The normalized spacial score (nSPS) is 10.0. The Morgan fingerprint density at radius 1 is 1.57 bits per heavy atom. The number of amides is 1. The lowest BCUT2D eigenvalue weighted by atomic mass is 10.2. The minimum absolute atomic E-state index is 0.0167. The van der Waals surface area contributed by atoms with Crippen LogP contribution in [0.25, 0.3) is 0 Å². The minimum Gasteiger partial charge on any atom is -0.395 e. The van der Waals surface area contributed by atoms with E-state index in [-0.39, 0.29) is 12.5 Å². The number of aryl methyl sites for hydroxylation is 1. The fraction of sp³-hybridized carbons (Fsp3) is 0.357. The van der Waals surface area contributed by atoms with Crippen LogP contribution in [-0.4, -0.2) is 34.3 Å². The van der Waals surface area contributed by atoms with Crippen LogP contribution in [-0.2, 0) is 6.42 Å². The summed E-state index contributed by atoms with van der Waals surface area (Å²) in [7, 11) is 0. The summed E-state index contributed by atoms with van der Waals surface area (Å²) in [5.41, 5.74) is 0.682. The number of hydrogen-bond donors (Lipinski definition) is 2. The van der Waals surface area contributed by atoms with E-state index in [4.69, 9.17) is 9.63 Å². The summed E-state index contributed by atoms with van der Waals surface area (Å²) in [5.74, 6) is 6.61. The van der Waals surface area contributed by atoms with Crippen molar-refractivity contribution in [3.8, 4) is 11.8 Å². The molecule has 0 aliphatic heterocycles. The molecule has 0 spiro atoms. The van der Waals surface area contributed by atoms with E-state index in [9.17, 15) is 4.79 Å². The molecule has 1 amide bonds. The van der Waals surface area contributed by atoms with Gasteiger partial charge in [-0.2, -0.15) is 4.98 Å². The molecule has 2 heterocycles. The van der Waals surface area contributed by atoms with E-state index in [1.165, 1.54) is 11.3 Å². The third-order valence-electron chi connectivity index (χ3n) is 2.54. The molecule has 6 nitrogen and oxygen atoms in total. The van der Waals surface area contributed by atoms with Crippen LogP contribution >= 0.6 is 11.3 Å². The van der Waals surface area contributed by atoms with Gasteiger partial charge < -0.3 is 14.9 Å². The lowest BCUT2D eigenvalue weighted by Crippen LogP contribution is -2.25. The molecular formula is C14H15N3O3S. The van der Waals surface area contributed by atoms with Gasteiger partial charge in [-0.1, -0.05) is 17.0 Å². The third-order valence-corrected chi connectivity index (χ3v) is 3.45. The summed E-state index contributed by atoms with van der Waals surface area (Å²) in [6.07, 6.45) is 0.911. The van der Waals surface area contributed by atoms with E-state index in [0.717, 1.165) is 0 Å². The monoisotopic (exact) mass is 305 g/mol. The van der Waals surface area contributed by atoms with Crippen LogP contribution < -0.4 is 5.32 Å². The van der Waals surface area contributed by atoms with Gasteiger partial charge in [0.2, 0.25) is 5.89 Å². The highest BCUT2D eigenvalue weighted by molar-refractivity contribution is 7.12. The predicted octanol–water partition coefficient (Wildman–Crippen LogP) is 1.15. The fourth-order valence-electron chi connectivity index (χ4n) is 1.61. The number of rotatable bonds is 5. The van der Waals surface area contributed by atoms with Crippen LogP contribution in [0.15, 0.2) is 16.0 Å². The second-order valence-corrected chi connectivity index (χ2v) is 5.09. The Kier molecular flexibility index (Phi) is 5.49. The van der Waals surface area contributed by atoms with E-state index < -0.39 is 0 Å². The molecule has 0 aromatic carbocycles. The minimum atomic E-state index is -0.168. The van der Waals surface area contributed by atoms with Crippen molar-refractivity contribution < 1.29 is 14.4 Å². The summed E-state index contributed by atoms with van der Waals surface area (Å²) < 4.78 is 4.86. The van der Waals surface area contributed by atoms with Crippen molar-refractivity contribution in [2.45, 2.75) is 19.8 Å². The van der Waals surface area contributed by atoms with Gasteiger partial charge in [-0.05, 0) is 11.4 Å². The standard InChI is InChI=1S/C14H15N3O3S/c1-10-16-12(17-20-10)5-7-15-14(19)13-11(6-9-21-13)4-2-3-8-18/h6,9,18H,3,5,7-8H2,1H3,(H,15,19). The number of carbonyl (C=O) groups is 1. The molecule has 0 radical (unpaired) electrons. The molecule has 2 aromatic rings. The van der Waals surface area contributed by atoms with Crippen molar-refractivity contribution in [2.24, 2.45) is 0 Å². The number of carbonyl (C=O) groups excluding carboxylic acids is 1. The number of nitrogens with zero attached hydrogens (tertiary/aromatic N) is 2. The predicted molar refractivity (Wildman–Crippen MR) is 78.0 cm³/mol. The van der Waals surface area contributed by atoms with Crippen molar-refractivity contribution in [3.63, 3.8) is 0 Å². The number of aliphatic hydroxyl groups excluding tert-OH is 1. The molecule has 0 saturated heterocycles. The number of hydrogen-bond acceptors (Lipinski definition) is 6. The Balaban J connectivity index is 1.89. The zero-order valence-electron chi connectivity index (χ0n) is 11.5. The first-order chi connectivity index (χ1) is 10.2. The van der Waals surface area contributed by atoms with Crippen LogP contribution in [0.4, 0.5) is 0 Å². The van der Waals surface area contributed by atoms with Gasteiger partial charge in [0.15, 0.2) is 5.82 Å². The number of aliphatic hydroxyl groups is 1. The summed E-state index contributed by atoms with van der Waals surface area (Å²) in [6, 6.07) is 1.80. The molecule has 0 saturated carbocycles. The lowest BCUT2D eigenvalue weighted by Gasteiger charge is -2.01. The van der Waals surface area contributed by atoms with Crippen molar-refractivity contribution in [2.75, 3.05) is 13.2 Å². The highest BCUT2D eigenvalue weighted by Crippen LogP contribution is 2.15. The second kappa shape index (κ2) is 7.57. The van der Waals surface area contributed by atoms with E-state index in [2.05, 4.69) is 27.3 Å². The van der Waals surface area contributed by atoms with Crippen molar-refractivity contribution in [1.82, 2.24) is 15.5 Å². The van der Waals surface area contributed by atoms with Gasteiger partial charge in [-0.25, -0.2) is 0 Å². The van der Waals surface area contributed by atoms with Crippen molar-refractivity contribution >= 4 is 17.2 Å². The van der Waals surface area contributed by atoms with E-state index in [1.54, 1.807) is 13.0 Å². The topological polar surface area (TPSA) is 88.2 Å². The highest BCUT2D eigenvalue weighted by Gasteiger charge is 2.12. The van der Waals surface area contributed by atoms with Crippen molar-refractivity contribution in [3.05, 3.63) is 33.6 Å². The van der Waals surface area contributed by atoms with Crippen LogP contribution in [0, 0.1) is 18.8 Å². The van der Waals surface area contributed by atoms with Gasteiger partial charge in [-0.15, -0.1) is 11.3 Å². The third kappa shape index (κ3) is 4.41. The molecular weight excluding hydrogens is 290 g/mol. The van der Waals surface area contributed by atoms with E-state index in [0.29, 0.717) is 41.5 Å². The smallest absolute Gasteiger partial charge is 0.262 e. The Labute approximate surface area is 126 Å². The Morgan fingerprint density at radius 2 is 2.43 bits per heavy atom. The molecule has 110 valence electrons. The van der Waals surface area contributed by atoms with E-state index in [1.807, 2.05) is 5.38 Å². The quantitative estimate of drug-likeness (QED) is 0.809. The zero-order valence-corrected chi connectivity index (χ0v) is 12.4. The summed E-state index contributed by atoms with van der Waals surface area (Å²) in [4.78, 5) is 16.7. The average Bonchev–Trinajstić information content (AvgIpc) is 3.08. The molecule has 0 unspecified atom stereocenters. The average molecular weight is 305 g/mol. The Bertz CT molecular complexity index is 666. The van der Waals surface area contributed by atoms with Gasteiger partial charge in [0, 0.05) is 31.9 Å². The van der Waals surface area contributed by atoms with Crippen LogP contribution in [0.1, 0.15) is 33.4 Å². The summed E-state index contributed by atoms with van der Waals surface area (Å²) in [6.45, 7) is 2.17. The van der Waals surface area contributed by atoms with Gasteiger partial charge >= 0.3 is 0 Å². The second-order valence-electron chi connectivity index (χ2n) is 4.17. The molecule has 2 rings (SSSR count). The molecule has 2 N–H and O–H groups in total. The zero-order chi connectivity index (χ0) is 15.1. The largest absolute Gasteiger partial charge is 0.395 e. The molecule has 21 heavy (non-hydrogen) atoms. The van der Waals surface area contributed by atoms with Crippen LogP contribution in [0.2, 0.25) is 0 Å². The van der Waals surface area contributed by atoms with Gasteiger partial charge in [0.1, 0.15) is 4.88 Å². The van der Waals surface area contributed by atoms with Gasteiger partial charge in [0.05, 0.1) is 6.61 Å². The molecule has 0 aliphatic rings.